The van der Waals surface area contributed by atoms with Crippen molar-refractivity contribution in [2.24, 2.45) is 4.99 Å². The van der Waals surface area contributed by atoms with Crippen molar-refractivity contribution in [1.29, 1.82) is 0 Å². The van der Waals surface area contributed by atoms with Gasteiger partial charge >= 0.3 is 0 Å². The highest BCUT2D eigenvalue weighted by atomic mass is 35.5. The van der Waals surface area contributed by atoms with Crippen LogP contribution < -0.4 is 4.74 Å². The lowest BCUT2D eigenvalue weighted by molar-refractivity contribution is 0.399. The predicted molar refractivity (Wildman–Crippen MR) is 116 cm³/mol. The van der Waals surface area contributed by atoms with Crippen LogP contribution in [0.25, 0.3) is 11.3 Å². The molecule has 0 saturated carbocycles. The summed E-state index contributed by atoms with van der Waals surface area (Å²) < 4.78 is 11.6. The van der Waals surface area contributed by atoms with Crippen molar-refractivity contribution < 1.29 is 9.26 Å². The van der Waals surface area contributed by atoms with Gasteiger partial charge in [-0.25, -0.2) is 4.99 Å². The lowest BCUT2D eigenvalue weighted by Gasteiger charge is -2.11. The molecule has 0 atom stereocenters. The van der Waals surface area contributed by atoms with Crippen LogP contribution in [0.5, 0.6) is 5.75 Å². The first-order chi connectivity index (χ1) is 14.1. The smallest absolute Gasteiger partial charge is 0.232 e. The van der Waals surface area contributed by atoms with Gasteiger partial charge in [0.2, 0.25) is 5.90 Å². The number of nitrogens with zero attached hydrogens (tertiary/aromatic N) is 2. The maximum atomic E-state index is 6.42. The maximum absolute atomic E-state index is 6.42. The highest BCUT2D eigenvalue weighted by molar-refractivity contribution is 6.39. The highest BCUT2D eigenvalue weighted by Crippen LogP contribution is 2.37. The number of aromatic nitrogens is 1. The molecule has 3 aromatic carbocycles. The summed E-state index contributed by atoms with van der Waals surface area (Å²) >= 11 is 12.8. The van der Waals surface area contributed by atoms with Gasteiger partial charge in [0.25, 0.3) is 0 Å². The lowest BCUT2D eigenvalue weighted by Crippen LogP contribution is -2.12. The first-order valence-electron chi connectivity index (χ1n) is 8.91. The molecule has 0 saturated heterocycles. The fourth-order valence-electron chi connectivity index (χ4n) is 2.87. The van der Waals surface area contributed by atoms with Crippen LogP contribution in [0.15, 0.2) is 88.4 Å². The summed E-state index contributed by atoms with van der Waals surface area (Å²) in [7, 11) is 0. The number of hydrogen-bond acceptors (Lipinski definition) is 4. The number of para-hydroxylation sites is 2. The van der Waals surface area contributed by atoms with Gasteiger partial charge in [-0.2, -0.15) is 0 Å². The average Bonchev–Trinajstić information content (AvgIpc) is 3.10. The summed E-state index contributed by atoms with van der Waals surface area (Å²) in [5, 5.41) is 5.13. The molecule has 0 amide bonds. The molecule has 0 spiro atoms. The van der Waals surface area contributed by atoms with E-state index in [0.717, 1.165) is 5.69 Å². The molecule has 1 aromatic heterocycles. The Morgan fingerprint density at radius 1 is 0.862 bits per heavy atom. The molecule has 0 bridgehead atoms. The van der Waals surface area contributed by atoms with Crippen LogP contribution in [0.3, 0.4) is 0 Å². The van der Waals surface area contributed by atoms with Gasteiger partial charge in [-0.1, -0.05) is 70.8 Å². The summed E-state index contributed by atoms with van der Waals surface area (Å²) in [5.41, 5.74) is 2.37. The second kappa shape index (κ2) is 8.52. The third kappa shape index (κ3) is 4.19. The summed E-state index contributed by atoms with van der Waals surface area (Å²) in [4.78, 5) is 4.71. The van der Waals surface area contributed by atoms with Gasteiger partial charge in [-0.05, 0) is 43.3 Å². The van der Waals surface area contributed by atoms with Crippen molar-refractivity contribution in [1.82, 2.24) is 5.16 Å². The molecule has 29 heavy (non-hydrogen) atoms. The second-order valence-electron chi connectivity index (χ2n) is 6.23. The van der Waals surface area contributed by atoms with Crippen molar-refractivity contribution in [3.05, 3.63) is 100 Å². The molecule has 6 heteroatoms. The second-order valence-corrected chi connectivity index (χ2v) is 7.04. The molecule has 1 heterocycles. The van der Waals surface area contributed by atoms with E-state index in [4.69, 9.17) is 37.5 Å². The number of ether oxygens (including phenoxy) is 1. The molecule has 4 aromatic rings. The maximum Gasteiger partial charge on any atom is 0.232 e. The Balaban J connectivity index is 1.90. The molecule has 0 aliphatic heterocycles. The average molecular weight is 423 g/mol. The topological polar surface area (TPSA) is 47.6 Å². The number of rotatable bonds is 4. The van der Waals surface area contributed by atoms with Crippen molar-refractivity contribution in [2.75, 3.05) is 0 Å². The highest BCUT2D eigenvalue weighted by Gasteiger charge is 2.25. The minimum Gasteiger partial charge on any atom is -0.438 e. The molecule has 0 aliphatic carbocycles. The van der Waals surface area contributed by atoms with Gasteiger partial charge < -0.3 is 9.26 Å². The van der Waals surface area contributed by atoms with Crippen LogP contribution in [-0.4, -0.2) is 11.1 Å². The van der Waals surface area contributed by atoms with E-state index in [1.165, 1.54) is 0 Å². The standard InChI is InChI=1S/C23H16Cl2N2O2/c1-15-20(22(27-29-15)21-18(24)13-8-14-19(21)25)23(26-16-9-4-2-5-10-16)28-17-11-6-3-7-12-17/h2-14H,1H3. The van der Waals surface area contributed by atoms with E-state index in [2.05, 4.69) is 5.16 Å². The monoisotopic (exact) mass is 422 g/mol. The van der Waals surface area contributed by atoms with E-state index in [1.54, 1.807) is 25.1 Å². The zero-order valence-electron chi connectivity index (χ0n) is 15.5. The summed E-state index contributed by atoms with van der Waals surface area (Å²) in [5.74, 6) is 1.52. The van der Waals surface area contributed by atoms with Crippen LogP contribution in [0.2, 0.25) is 10.0 Å². The Morgan fingerprint density at radius 2 is 1.48 bits per heavy atom. The van der Waals surface area contributed by atoms with Gasteiger partial charge in [0.15, 0.2) is 0 Å². The number of aryl methyl sites for hydroxylation is 1. The zero-order valence-corrected chi connectivity index (χ0v) is 17.0. The van der Waals surface area contributed by atoms with E-state index in [1.807, 2.05) is 60.7 Å². The molecular weight excluding hydrogens is 407 g/mol. The molecule has 4 rings (SSSR count). The Hall–Kier alpha value is -3.08. The van der Waals surface area contributed by atoms with Gasteiger partial charge in [0.1, 0.15) is 22.8 Å². The Labute approximate surface area is 178 Å². The third-order valence-electron chi connectivity index (χ3n) is 4.22. The minimum absolute atomic E-state index is 0.340. The Morgan fingerprint density at radius 3 is 2.14 bits per heavy atom. The van der Waals surface area contributed by atoms with Gasteiger partial charge in [-0.15, -0.1) is 0 Å². The minimum atomic E-state index is 0.340. The molecule has 0 unspecified atom stereocenters. The normalized spacial score (nSPS) is 11.5. The van der Waals surface area contributed by atoms with Crippen LogP contribution >= 0.6 is 23.2 Å². The van der Waals surface area contributed by atoms with Gasteiger partial charge in [0.05, 0.1) is 15.7 Å². The Bertz CT molecular complexity index is 1140. The lowest BCUT2D eigenvalue weighted by atomic mass is 10.1. The van der Waals surface area contributed by atoms with Crippen LogP contribution in [0, 0.1) is 6.92 Å². The molecule has 144 valence electrons. The van der Waals surface area contributed by atoms with E-state index >= 15 is 0 Å². The van der Waals surface area contributed by atoms with Crippen molar-refractivity contribution in [3.8, 4) is 17.0 Å². The number of benzene rings is 3. The first-order valence-corrected chi connectivity index (χ1v) is 9.67. The van der Waals surface area contributed by atoms with E-state index in [-0.39, 0.29) is 0 Å². The van der Waals surface area contributed by atoms with Gasteiger partial charge in [0, 0.05) is 5.56 Å². The fraction of sp³-hybridized carbons (Fsp3) is 0.0435. The molecule has 4 nitrogen and oxygen atoms in total. The van der Waals surface area contributed by atoms with Crippen molar-refractivity contribution >= 4 is 34.8 Å². The molecular formula is C23H16Cl2N2O2. The molecule has 0 aliphatic rings. The predicted octanol–water partition coefficient (Wildman–Crippen LogP) is 7.11. The fourth-order valence-corrected chi connectivity index (χ4v) is 3.44. The number of hydrogen-bond donors (Lipinski definition) is 0. The van der Waals surface area contributed by atoms with E-state index in [9.17, 15) is 0 Å². The van der Waals surface area contributed by atoms with Crippen LogP contribution in [0.4, 0.5) is 5.69 Å². The summed E-state index contributed by atoms with van der Waals surface area (Å²) in [6, 6.07) is 24.2. The van der Waals surface area contributed by atoms with Gasteiger partial charge in [-0.3, -0.25) is 0 Å². The molecule has 0 fully saturated rings. The number of halogens is 2. The molecule has 0 radical (unpaired) electrons. The summed E-state index contributed by atoms with van der Waals surface area (Å²) in [6.45, 7) is 1.80. The summed E-state index contributed by atoms with van der Waals surface area (Å²) in [6.07, 6.45) is 0. The Kier molecular flexibility index (Phi) is 5.65. The van der Waals surface area contributed by atoms with Crippen molar-refractivity contribution in [2.45, 2.75) is 6.92 Å². The van der Waals surface area contributed by atoms with Crippen LogP contribution in [-0.2, 0) is 0 Å². The zero-order chi connectivity index (χ0) is 20.2. The molecule has 0 N–H and O–H groups in total. The third-order valence-corrected chi connectivity index (χ3v) is 4.85. The van der Waals surface area contributed by atoms with Crippen LogP contribution in [0.1, 0.15) is 11.3 Å². The number of aliphatic imine (C=N–C) groups is 1. The van der Waals surface area contributed by atoms with E-state index < -0.39 is 0 Å². The SMILES string of the molecule is Cc1onc(-c2c(Cl)cccc2Cl)c1C(=Nc1ccccc1)Oc1ccccc1. The quantitative estimate of drug-likeness (QED) is 0.260. The largest absolute Gasteiger partial charge is 0.438 e. The van der Waals surface area contributed by atoms with Crippen molar-refractivity contribution in [3.63, 3.8) is 0 Å². The van der Waals surface area contributed by atoms with E-state index in [0.29, 0.717) is 44.3 Å². The first kappa shape index (κ1) is 19.2.